The predicted molar refractivity (Wildman–Crippen MR) is 32.4 cm³/mol. The zero-order valence-corrected chi connectivity index (χ0v) is 4.87. The summed E-state index contributed by atoms with van der Waals surface area (Å²) in [4.78, 5) is 3.96. The second kappa shape index (κ2) is 1.81. The maximum atomic E-state index is 5.05. The van der Waals surface area contributed by atoms with Crippen LogP contribution in [-0.2, 0) is 11.3 Å². The first-order chi connectivity index (χ1) is 4.47. The Hall–Kier alpha value is -0.890. The Bertz CT molecular complexity index is 199. The lowest BCUT2D eigenvalue weighted by atomic mass is 10.2. The number of hydrogen-bond acceptors (Lipinski definition) is 2. The summed E-state index contributed by atoms with van der Waals surface area (Å²) in [5.74, 6) is 0. The van der Waals surface area contributed by atoms with Gasteiger partial charge in [0.25, 0.3) is 0 Å². The smallest absolute Gasteiger partial charge is 0.114 e. The van der Waals surface area contributed by atoms with Crippen molar-refractivity contribution < 1.29 is 4.74 Å². The van der Waals surface area contributed by atoms with Crippen LogP contribution in [0.25, 0.3) is 0 Å². The fourth-order valence-corrected chi connectivity index (χ4v) is 0.895. The molecule has 2 heteroatoms. The first-order valence-corrected chi connectivity index (χ1v) is 2.84. The van der Waals surface area contributed by atoms with Gasteiger partial charge in [-0.2, -0.15) is 0 Å². The highest BCUT2D eigenvalue weighted by Gasteiger charge is 2.09. The van der Waals surface area contributed by atoms with Gasteiger partial charge in [-0.3, -0.25) is 4.98 Å². The van der Waals surface area contributed by atoms with Crippen molar-refractivity contribution in [1.82, 2.24) is 4.98 Å². The van der Waals surface area contributed by atoms with E-state index in [9.17, 15) is 0 Å². The van der Waals surface area contributed by atoms with Gasteiger partial charge in [0, 0.05) is 18.0 Å². The minimum atomic E-state index is 0.684. The van der Waals surface area contributed by atoms with Crippen LogP contribution in [0.1, 0.15) is 11.1 Å². The monoisotopic (exact) mass is 120 g/mol. The van der Waals surface area contributed by atoms with Crippen LogP contribution in [0.5, 0.6) is 0 Å². The van der Waals surface area contributed by atoms with Gasteiger partial charge in [-0.1, -0.05) is 0 Å². The maximum Gasteiger partial charge on any atom is 0.114 e. The molecule has 0 fully saturated rings. The molecular formula is C7H6NO. The van der Waals surface area contributed by atoms with E-state index in [0.717, 1.165) is 5.56 Å². The van der Waals surface area contributed by atoms with E-state index in [-0.39, 0.29) is 0 Å². The molecule has 2 nitrogen and oxygen atoms in total. The van der Waals surface area contributed by atoms with Gasteiger partial charge < -0.3 is 4.74 Å². The van der Waals surface area contributed by atoms with Crippen molar-refractivity contribution in [2.75, 3.05) is 0 Å². The van der Waals surface area contributed by atoms with Crippen molar-refractivity contribution in [3.8, 4) is 0 Å². The van der Waals surface area contributed by atoms with Crippen LogP contribution in [0.15, 0.2) is 18.5 Å². The Kier molecular flexibility index (Phi) is 0.993. The quantitative estimate of drug-likeness (QED) is 0.512. The molecule has 0 unspecified atom stereocenters. The van der Waals surface area contributed by atoms with Gasteiger partial charge in [-0.05, 0) is 11.6 Å². The van der Waals surface area contributed by atoms with E-state index in [1.807, 2.05) is 12.3 Å². The van der Waals surface area contributed by atoms with Gasteiger partial charge in [0.1, 0.15) is 6.61 Å². The summed E-state index contributed by atoms with van der Waals surface area (Å²) in [5, 5.41) is 0. The largest absolute Gasteiger partial charge is 0.366 e. The Morgan fingerprint density at radius 3 is 3.44 bits per heavy atom. The summed E-state index contributed by atoms with van der Waals surface area (Å²) in [7, 11) is 0. The van der Waals surface area contributed by atoms with E-state index in [1.165, 1.54) is 5.56 Å². The third-order valence-electron chi connectivity index (χ3n) is 1.39. The molecule has 2 heterocycles. The lowest BCUT2D eigenvalue weighted by Gasteiger charge is -1.89. The van der Waals surface area contributed by atoms with E-state index in [0.29, 0.717) is 6.61 Å². The van der Waals surface area contributed by atoms with Crippen LogP contribution in [0.4, 0.5) is 0 Å². The van der Waals surface area contributed by atoms with Crippen LogP contribution < -0.4 is 0 Å². The number of aromatic nitrogens is 1. The third kappa shape index (κ3) is 0.715. The summed E-state index contributed by atoms with van der Waals surface area (Å²) < 4.78 is 5.05. The number of ether oxygens (including phenoxy) is 1. The van der Waals surface area contributed by atoms with E-state index in [4.69, 9.17) is 4.74 Å². The van der Waals surface area contributed by atoms with Gasteiger partial charge in [0.05, 0.1) is 6.61 Å². The Morgan fingerprint density at radius 2 is 2.56 bits per heavy atom. The molecule has 0 bridgehead atoms. The van der Waals surface area contributed by atoms with Crippen molar-refractivity contribution in [1.29, 1.82) is 0 Å². The molecule has 2 rings (SSSR count). The van der Waals surface area contributed by atoms with E-state index < -0.39 is 0 Å². The maximum absolute atomic E-state index is 5.05. The summed E-state index contributed by atoms with van der Waals surface area (Å²) in [6.07, 6.45) is 3.60. The molecule has 0 aromatic carbocycles. The second-order valence-electron chi connectivity index (χ2n) is 2.00. The van der Waals surface area contributed by atoms with Crippen molar-refractivity contribution in [3.05, 3.63) is 36.2 Å². The molecule has 0 aliphatic carbocycles. The molecule has 1 aliphatic rings. The highest BCUT2D eigenvalue weighted by Crippen LogP contribution is 2.18. The number of rotatable bonds is 0. The summed E-state index contributed by atoms with van der Waals surface area (Å²) in [5.41, 5.74) is 2.34. The van der Waals surface area contributed by atoms with Gasteiger partial charge in [0.15, 0.2) is 0 Å². The zero-order chi connectivity index (χ0) is 6.10. The molecule has 0 atom stereocenters. The number of pyridine rings is 1. The first-order valence-electron chi connectivity index (χ1n) is 2.84. The van der Waals surface area contributed by atoms with Crippen LogP contribution in [0.3, 0.4) is 0 Å². The average molecular weight is 120 g/mol. The van der Waals surface area contributed by atoms with E-state index in [1.54, 1.807) is 12.8 Å². The minimum Gasteiger partial charge on any atom is -0.366 e. The Labute approximate surface area is 53.5 Å². The van der Waals surface area contributed by atoms with Gasteiger partial charge in [-0.15, -0.1) is 0 Å². The normalized spacial score (nSPS) is 15.6. The number of nitrogens with zero attached hydrogens (tertiary/aromatic N) is 1. The second-order valence-corrected chi connectivity index (χ2v) is 2.00. The zero-order valence-electron chi connectivity index (χ0n) is 4.87. The van der Waals surface area contributed by atoms with Crippen LogP contribution >= 0.6 is 0 Å². The topological polar surface area (TPSA) is 22.1 Å². The molecule has 0 N–H and O–H groups in total. The van der Waals surface area contributed by atoms with Crippen molar-refractivity contribution >= 4 is 0 Å². The Balaban J connectivity index is 2.54. The lowest BCUT2D eigenvalue weighted by Crippen LogP contribution is -1.80. The van der Waals surface area contributed by atoms with Crippen molar-refractivity contribution in [2.24, 2.45) is 0 Å². The van der Waals surface area contributed by atoms with Crippen LogP contribution in [0, 0.1) is 6.61 Å². The fraction of sp³-hybridized carbons (Fsp3) is 0.143. The van der Waals surface area contributed by atoms with E-state index >= 15 is 0 Å². The third-order valence-corrected chi connectivity index (χ3v) is 1.39. The lowest BCUT2D eigenvalue weighted by molar-refractivity contribution is 0.223. The van der Waals surface area contributed by atoms with Gasteiger partial charge >= 0.3 is 0 Å². The van der Waals surface area contributed by atoms with Crippen LogP contribution in [0.2, 0.25) is 0 Å². The molecule has 1 aliphatic heterocycles. The Morgan fingerprint density at radius 1 is 1.56 bits per heavy atom. The summed E-state index contributed by atoms with van der Waals surface area (Å²) >= 11 is 0. The van der Waals surface area contributed by atoms with Crippen molar-refractivity contribution in [3.63, 3.8) is 0 Å². The molecule has 0 spiro atoms. The predicted octanol–water partition coefficient (Wildman–Crippen LogP) is 1.12. The molecule has 0 saturated carbocycles. The molecule has 1 radical (unpaired) electrons. The molecule has 9 heavy (non-hydrogen) atoms. The summed E-state index contributed by atoms with van der Waals surface area (Å²) in [6, 6.07) is 1.95. The van der Waals surface area contributed by atoms with Crippen LogP contribution in [-0.4, -0.2) is 4.98 Å². The van der Waals surface area contributed by atoms with Gasteiger partial charge in [0.2, 0.25) is 0 Å². The fourth-order valence-electron chi connectivity index (χ4n) is 0.895. The molecule has 1 aromatic rings. The highest BCUT2D eigenvalue weighted by atomic mass is 16.5. The first kappa shape index (κ1) is 4.94. The van der Waals surface area contributed by atoms with Crippen molar-refractivity contribution in [2.45, 2.75) is 6.61 Å². The molecular weight excluding hydrogens is 114 g/mol. The molecule has 0 amide bonds. The standard InChI is InChI=1S/C7H6NO/c1-2-8-3-7-5-9-4-6(1)7/h1-4H,5H2. The number of hydrogen-bond donors (Lipinski definition) is 0. The van der Waals surface area contributed by atoms with E-state index in [2.05, 4.69) is 4.98 Å². The SMILES string of the molecule is [CH]1OCc2cnccc21. The molecule has 45 valence electrons. The summed E-state index contributed by atoms with van der Waals surface area (Å²) in [6.45, 7) is 2.44. The minimum absolute atomic E-state index is 0.684. The van der Waals surface area contributed by atoms with Gasteiger partial charge in [-0.25, -0.2) is 0 Å². The molecule has 0 saturated heterocycles. The average Bonchev–Trinajstić information content (AvgIpc) is 2.33. The highest BCUT2D eigenvalue weighted by molar-refractivity contribution is 5.30. The number of fused-ring (bicyclic) bond motifs is 1. The molecule has 1 aromatic heterocycles.